The van der Waals surface area contributed by atoms with Crippen molar-refractivity contribution in [2.75, 3.05) is 0 Å². The lowest BCUT2D eigenvalue weighted by Gasteiger charge is -2.10. The third kappa shape index (κ3) is 4.20. The largest absolute Gasteiger partial charge is 0.456 e. The van der Waals surface area contributed by atoms with E-state index in [0.29, 0.717) is 17.5 Å². The number of hydrogen-bond acceptors (Lipinski definition) is 5. The second-order valence-corrected chi connectivity index (χ2v) is 12.8. The molecule has 0 saturated heterocycles. The summed E-state index contributed by atoms with van der Waals surface area (Å²) in [7, 11) is 0. The van der Waals surface area contributed by atoms with Crippen molar-refractivity contribution >= 4 is 65.7 Å². The molecule has 0 aliphatic carbocycles. The molecule has 11 rings (SSSR count). The van der Waals surface area contributed by atoms with Crippen LogP contribution in [0.5, 0.6) is 0 Å². The van der Waals surface area contributed by atoms with Crippen LogP contribution in [0.2, 0.25) is 0 Å². The molecule has 0 atom stereocenters. The maximum atomic E-state index is 6.61. The predicted octanol–water partition coefficient (Wildman–Crippen LogP) is 11.8. The van der Waals surface area contributed by atoms with E-state index in [1.165, 1.54) is 5.39 Å². The fourth-order valence-electron chi connectivity index (χ4n) is 7.57. The quantitative estimate of drug-likeness (QED) is 0.189. The van der Waals surface area contributed by atoms with E-state index in [-0.39, 0.29) is 0 Å². The van der Waals surface area contributed by atoms with Gasteiger partial charge in [-0.2, -0.15) is 0 Å². The van der Waals surface area contributed by atoms with E-state index in [4.69, 9.17) is 23.8 Å². The van der Waals surface area contributed by atoms with Gasteiger partial charge in [-0.1, -0.05) is 115 Å². The van der Waals surface area contributed by atoms with Crippen LogP contribution in [0.25, 0.3) is 106 Å². The van der Waals surface area contributed by atoms with Crippen molar-refractivity contribution in [3.05, 3.63) is 158 Å². The third-order valence-electron chi connectivity index (χ3n) is 9.86. The first-order valence-electron chi connectivity index (χ1n) is 16.9. The minimum atomic E-state index is 0.585. The Morgan fingerprint density at radius 1 is 0.412 bits per heavy atom. The van der Waals surface area contributed by atoms with Crippen LogP contribution in [0.1, 0.15) is 0 Å². The molecule has 0 N–H and O–H groups in total. The van der Waals surface area contributed by atoms with Crippen molar-refractivity contribution in [3.63, 3.8) is 0 Å². The second kappa shape index (κ2) is 10.7. The van der Waals surface area contributed by atoms with Crippen LogP contribution in [0, 0.1) is 0 Å². The Bertz CT molecular complexity index is 3080. The number of nitrogens with zero attached hydrogens (tertiary/aromatic N) is 4. The van der Waals surface area contributed by atoms with Crippen LogP contribution in [-0.2, 0) is 0 Å². The molecule has 6 heteroatoms. The fraction of sp³-hybridized carbons (Fsp3) is 0. The van der Waals surface area contributed by atoms with Gasteiger partial charge < -0.3 is 13.4 Å². The minimum absolute atomic E-state index is 0.585. The Morgan fingerprint density at radius 2 is 1.04 bits per heavy atom. The molecule has 0 radical (unpaired) electrons. The molecule has 0 spiro atoms. The Balaban J connectivity index is 1.19. The predicted molar refractivity (Wildman–Crippen MR) is 205 cm³/mol. The first-order chi connectivity index (χ1) is 25.3. The van der Waals surface area contributed by atoms with Crippen molar-refractivity contribution in [1.29, 1.82) is 0 Å². The van der Waals surface area contributed by atoms with Crippen LogP contribution < -0.4 is 0 Å². The summed E-state index contributed by atoms with van der Waals surface area (Å²) in [5, 5.41) is 6.44. The molecule has 0 unspecified atom stereocenters. The molecule has 238 valence electrons. The average molecular weight is 655 g/mol. The Kier molecular flexibility index (Phi) is 5.86. The maximum absolute atomic E-state index is 6.61. The molecule has 11 aromatic rings. The van der Waals surface area contributed by atoms with E-state index in [9.17, 15) is 0 Å². The maximum Gasteiger partial charge on any atom is 0.164 e. The van der Waals surface area contributed by atoms with E-state index in [1.54, 1.807) is 0 Å². The van der Waals surface area contributed by atoms with Crippen molar-refractivity contribution in [2.24, 2.45) is 0 Å². The van der Waals surface area contributed by atoms with Gasteiger partial charge in [-0.15, -0.1) is 0 Å². The molecule has 0 fully saturated rings. The highest BCUT2D eigenvalue weighted by Crippen LogP contribution is 2.42. The lowest BCUT2D eigenvalue weighted by Crippen LogP contribution is -2.00. The molecule has 0 amide bonds. The number of rotatable bonds is 4. The molecule has 6 nitrogen and oxygen atoms in total. The first-order valence-corrected chi connectivity index (χ1v) is 16.9. The van der Waals surface area contributed by atoms with Crippen LogP contribution in [0.3, 0.4) is 0 Å². The Morgan fingerprint density at radius 3 is 1.82 bits per heavy atom. The van der Waals surface area contributed by atoms with E-state index >= 15 is 0 Å². The van der Waals surface area contributed by atoms with Crippen molar-refractivity contribution < 1.29 is 8.83 Å². The summed E-state index contributed by atoms with van der Waals surface area (Å²) in [6.45, 7) is 0. The number of fused-ring (bicyclic) bond motifs is 10. The molecule has 4 aromatic heterocycles. The van der Waals surface area contributed by atoms with Crippen LogP contribution in [0.15, 0.2) is 167 Å². The standard InChI is InChI=1S/C45H26N4O2/c1-3-12-27(13-4-1)43-46-44(28-14-5-2-6-15-28)48-45(47-43)34-18-11-21-39-40(34)35-26-29(22-25-38(35)50-39)49-36-19-9-7-16-30(36)32-23-24-33-31-17-8-10-20-37(31)51-42(33)41(32)49/h1-26H. The normalized spacial score (nSPS) is 11.9. The molecule has 51 heavy (non-hydrogen) atoms. The zero-order valence-corrected chi connectivity index (χ0v) is 27.1. The summed E-state index contributed by atoms with van der Waals surface area (Å²) in [6.07, 6.45) is 0. The topological polar surface area (TPSA) is 69.9 Å². The zero-order chi connectivity index (χ0) is 33.5. The molecule has 0 aliphatic heterocycles. The number of aromatic nitrogens is 4. The van der Waals surface area contributed by atoms with Crippen molar-refractivity contribution in [1.82, 2.24) is 19.5 Å². The van der Waals surface area contributed by atoms with Gasteiger partial charge >= 0.3 is 0 Å². The van der Waals surface area contributed by atoms with E-state index < -0.39 is 0 Å². The molecular formula is C45H26N4O2. The molecule has 0 bridgehead atoms. The molecule has 0 saturated carbocycles. The number of benzene rings is 7. The molecule has 7 aromatic carbocycles. The summed E-state index contributed by atoms with van der Waals surface area (Å²) in [6, 6.07) is 53.8. The number of hydrogen-bond donors (Lipinski definition) is 0. The van der Waals surface area contributed by atoms with Gasteiger partial charge in [0.1, 0.15) is 16.7 Å². The summed E-state index contributed by atoms with van der Waals surface area (Å²) in [5.41, 5.74) is 9.17. The second-order valence-electron chi connectivity index (χ2n) is 12.8. The van der Waals surface area contributed by atoms with Crippen LogP contribution in [0.4, 0.5) is 0 Å². The van der Waals surface area contributed by atoms with Crippen LogP contribution in [-0.4, -0.2) is 19.5 Å². The van der Waals surface area contributed by atoms with Gasteiger partial charge in [-0.25, -0.2) is 15.0 Å². The fourth-order valence-corrected chi connectivity index (χ4v) is 7.57. The van der Waals surface area contributed by atoms with E-state index in [2.05, 4.69) is 77.4 Å². The van der Waals surface area contributed by atoms with Crippen molar-refractivity contribution in [2.45, 2.75) is 0 Å². The zero-order valence-electron chi connectivity index (χ0n) is 27.1. The van der Waals surface area contributed by atoms with Gasteiger partial charge in [-0.05, 0) is 42.5 Å². The summed E-state index contributed by atoms with van der Waals surface area (Å²) in [4.78, 5) is 15.0. The smallest absolute Gasteiger partial charge is 0.164 e. The van der Waals surface area contributed by atoms with E-state index in [0.717, 1.165) is 82.7 Å². The van der Waals surface area contributed by atoms with Gasteiger partial charge in [0.2, 0.25) is 0 Å². The summed E-state index contributed by atoms with van der Waals surface area (Å²) >= 11 is 0. The van der Waals surface area contributed by atoms with Gasteiger partial charge in [0.15, 0.2) is 23.1 Å². The van der Waals surface area contributed by atoms with Crippen LogP contribution >= 0.6 is 0 Å². The number of para-hydroxylation sites is 2. The summed E-state index contributed by atoms with van der Waals surface area (Å²) in [5.74, 6) is 1.82. The first kappa shape index (κ1) is 27.9. The highest BCUT2D eigenvalue weighted by Gasteiger charge is 2.21. The highest BCUT2D eigenvalue weighted by molar-refractivity contribution is 6.22. The SMILES string of the molecule is c1ccc(-c2nc(-c3ccccc3)nc(-c3cccc4oc5ccc(-n6c7ccccc7c7ccc8c9ccccc9oc8c76)cc5c34)n2)cc1. The third-order valence-corrected chi connectivity index (χ3v) is 9.86. The Labute approximate surface area is 290 Å². The highest BCUT2D eigenvalue weighted by atomic mass is 16.3. The van der Waals surface area contributed by atoms with Gasteiger partial charge in [-0.3, -0.25) is 0 Å². The van der Waals surface area contributed by atoms with Gasteiger partial charge in [0, 0.05) is 54.7 Å². The van der Waals surface area contributed by atoms with E-state index in [1.807, 2.05) is 84.9 Å². The lowest BCUT2D eigenvalue weighted by molar-refractivity contribution is 0.669. The summed E-state index contributed by atoms with van der Waals surface area (Å²) < 4.78 is 15.4. The molecule has 4 heterocycles. The molecular weight excluding hydrogens is 629 g/mol. The lowest BCUT2D eigenvalue weighted by atomic mass is 10.0. The minimum Gasteiger partial charge on any atom is -0.456 e. The monoisotopic (exact) mass is 654 g/mol. The number of furan rings is 2. The van der Waals surface area contributed by atoms with Gasteiger partial charge in [0.05, 0.1) is 11.0 Å². The average Bonchev–Trinajstić information content (AvgIpc) is 3.88. The molecule has 0 aliphatic rings. The van der Waals surface area contributed by atoms with Gasteiger partial charge in [0.25, 0.3) is 0 Å². The Hall–Kier alpha value is -7.05. The van der Waals surface area contributed by atoms with Crippen molar-refractivity contribution in [3.8, 4) is 39.9 Å².